The molecule has 9 heteroatoms. The van der Waals surface area contributed by atoms with Crippen molar-refractivity contribution in [2.24, 2.45) is 0 Å². The highest BCUT2D eigenvalue weighted by Gasteiger charge is 2.58. The first-order valence-corrected chi connectivity index (χ1v) is 15.2. The van der Waals surface area contributed by atoms with Crippen molar-refractivity contribution in [2.45, 2.75) is 101 Å². The van der Waals surface area contributed by atoms with Gasteiger partial charge in [0.2, 0.25) is 0 Å². The van der Waals surface area contributed by atoms with Crippen LogP contribution >= 0.6 is 0 Å². The number of carbonyl (C=O) groups is 1. The van der Waals surface area contributed by atoms with Gasteiger partial charge in [-0.2, -0.15) is 0 Å². The van der Waals surface area contributed by atoms with Crippen molar-refractivity contribution in [2.75, 3.05) is 27.4 Å². The third-order valence-corrected chi connectivity index (χ3v) is 8.80. The standard InChI is InChI=1S/C33H42O9/c1-35-25-11-7-23(8-12-25)19-37-21-27-30(41-32(39-27)15-3-4-16-32)29(34)31-28(40-33(42-31)17-5-6-18-33)22-38-20-24-9-13-26(36-2)14-10-24/h7-14,27-28,30-31H,3-6,15-22H2,1-2H3/t27-,28-,30+,31+/m1/s1. The first-order chi connectivity index (χ1) is 20.5. The Morgan fingerprint density at radius 3 is 1.38 bits per heavy atom. The summed E-state index contributed by atoms with van der Waals surface area (Å²) in [5.74, 6) is -0.0415. The largest absolute Gasteiger partial charge is 0.497 e. The molecule has 2 saturated carbocycles. The molecule has 2 aromatic rings. The molecule has 42 heavy (non-hydrogen) atoms. The minimum atomic E-state index is -0.798. The molecule has 0 aromatic heterocycles. The number of hydrogen-bond donors (Lipinski definition) is 0. The zero-order valence-corrected chi connectivity index (χ0v) is 24.6. The Hall–Kier alpha value is -2.53. The third-order valence-electron chi connectivity index (χ3n) is 8.80. The molecule has 2 aliphatic carbocycles. The average Bonchev–Trinajstić information content (AvgIpc) is 3.82. The summed E-state index contributed by atoms with van der Waals surface area (Å²) in [7, 11) is 3.29. The lowest BCUT2D eigenvalue weighted by Crippen LogP contribution is -2.46. The second kappa shape index (κ2) is 13.0. The molecule has 2 heterocycles. The van der Waals surface area contributed by atoms with Crippen molar-refractivity contribution in [1.82, 2.24) is 0 Å². The van der Waals surface area contributed by atoms with E-state index in [-0.39, 0.29) is 19.0 Å². The van der Waals surface area contributed by atoms with E-state index in [1.807, 2.05) is 48.5 Å². The van der Waals surface area contributed by atoms with Crippen LogP contribution in [-0.4, -0.2) is 69.2 Å². The van der Waals surface area contributed by atoms with Crippen LogP contribution in [0.25, 0.3) is 0 Å². The molecular formula is C33H42O9. The van der Waals surface area contributed by atoms with Crippen molar-refractivity contribution in [1.29, 1.82) is 0 Å². The second-order valence-electron chi connectivity index (χ2n) is 11.8. The molecule has 4 aliphatic rings. The lowest BCUT2D eigenvalue weighted by atomic mass is 10.0. The molecule has 4 atom stereocenters. The summed E-state index contributed by atoms with van der Waals surface area (Å²) in [6.45, 7) is 1.26. The molecule has 228 valence electrons. The normalized spacial score (nSPS) is 27.7. The number of methoxy groups -OCH3 is 2. The molecular weight excluding hydrogens is 540 g/mol. The predicted octanol–water partition coefficient (Wildman–Crippen LogP) is 5.11. The smallest absolute Gasteiger partial charge is 0.195 e. The molecule has 6 rings (SSSR count). The monoisotopic (exact) mass is 582 g/mol. The highest BCUT2D eigenvalue weighted by molar-refractivity contribution is 5.89. The van der Waals surface area contributed by atoms with Gasteiger partial charge < -0.3 is 37.9 Å². The molecule has 4 fully saturated rings. The Labute approximate surface area is 247 Å². The quantitative estimate of drug-likeness (QED) is 0.338. The van der Waals surface area contributed by atoms with Crippen molar-refractivity contribution in [3.05, 3.63) is 59.7 Å². The Morgan fingerprint density at radius 2 is 1.02 bits per heavy atom. The van der Waals surface area contributed by atoms with Crippen LogP contribution in [-0.2, 0) is 46.4 Å². The SMILES string of the molecule is COc1ccc(COC[C@H]2OC3(CCCC3)O[C@@H]2C(=O)[C@H]2OC3(CCCC3)O[C@@H]2COCc2ccc(OC)cc2)cc1. The molecule has 2 saturated heterocycles. The van der Waals surface area contributed by atoms with Gasteiger partial charge in [-0.3, -0.25) is 4.79 Å². The van der Waals surface area contributed by atoms with E-state index >= 15 is 0 Å². The summed E-state index contributed by atoms with van der Waals surface area (Å²) < 4.78 is 48.5. The Morgan fingerprint density at radius 1 is 0.643 bits per heavy atom. The van der Waals surface area contributed by atoms with Crippen molar-refractivity contribution in [3.63, 3.8) is 0 Å². The Balaban J connectivity index is 1.12. The molecule has 0 amide bonds. The maximum atomic E-state index is 14.2. The van der Waals surface area contributed by atoms with Crippen LogP contribution in [0.4, 0.5) is 0 Å². The number of hydrogen-bond acceptors (Lipinski definition) is 9. The highest BCUT2D eigenvalue weighted by atomic mass is 16.8. The minimum absolute atomic E-state index is 0.154. The second-order valence-corrected chi connectivity index (χ2v) is 11.8. The zero-order chi connectivity index (χ0) is 29.0. The zero-order valence-electron chi connectivity index (χ0n) is 24.6. The number of ether oxygens (including phenoxy) is 8. The van der Waals surface area contributed by atoms with Gasteiger partial charge in [0.05, 0.1) is 40.6 Å². The van der Waals surface area contributed by atoms with Crippen LogP contribution in [0.1, 0.15) is 62.5 Å². The Bertz CT molecular complexity index is 1080. The highest BCUT2D eigenvalue weighted by Crippen LogP contribution is 2.46. The van der Waals surface area contributed by atoms with Gasteiger partial charge in [0, 0.05) is 25.7 Å². The first-order valence-electron chi connectivity index (χ1n) is 15.2. The van der Waals surface area contributed by atoms with Gasteiger partial charge in [0.15, 0.2) is 29.6 Å². The van der Waals surface area contributed by atoms with E-state index in [1.165, 1.54) is 0 Å². The van der Waals surface area contributed by atoms with Crippen molar-refractivity contribution < 1.29 is 42.7 Å². The van der Waals surface area contributed by atoms with E-state index in [0.29, 0.717) is 13.2 Å². The van der Waals surface area contributed by atoms with Gasteiger partial charge in [-0.25, -0.2) is 0 Å². The molecule has 2 spiro atoms. The molecule has 0 N–H and O–H groups in total. The number of rotatable bonds is 12. The number of ketones is 1. The fraction of sp³-hybridized carbons (Fsp3) is 0.606. The van der Waals surface area contributed by atoms with Crippen LogP contribution in [0.15, 0.2) is 48.5 Å². The van der Waals surface area contributed by atoms with Gasteiger partial charge in [-0.15, -0.1) is 0 Å². The molecule has 2 aliphatic heterocycles. The van der Waals surface area contributed by atoms with Crippen LogP contribution < -0.4 is 9.47 Å². The summed E-state index contributed by atoms with van der Waals surface area (Å²) in [6, 6.07) is 15.5. The van der Waals surface area contributed by atoms with E-state index in [9.17, 15) is 4.79 Å². The number of Topliss-reactive ketones (excluding diaryl/α,β-unsaturated/α-hetero) is 1. The van der Waals surface area contributed by atoms with E-state index in [2.05, 4.69) is 0 Å². The van der Waals surface area contributed by atoms with Gasteiger partial charge in [0.25, 0.3) is 0 Å². The molecule has 0 radical (unpaired) electrons. The van der Waals surface area contributed by atoms with Crippen molar-refractivity contribution >= 4 is 5.78 Å². The van der Waals surface area contributed by atoms with E-state index in [0.717, 1.165) is 74.0 Å². The molecule has 0 unspecified atom stereocenters. The van der Waals surface area contributed by atoms with E-state index in [1.54, 1.807) is 14.2 Å². The van der Waals surface area contributed by atoms with E-state index < -0.39 is 36.0 Å². The fourth-order valence-electron chi connectivity index (χ4n) is 6.56. The lowest BCUT2D eigenvalue weighted by molar-refractivity contribution is -0.184. The number of benzene rings is 2. The van der Waals surface area contributed by atoms with Crippen LogP contribution in [0, 0.1) is 0 Å². The molecule has 0 bridgehead atoms. The first kappa shape index (κ1) is 29.5. The van der Waals surface area contributed by atoms with Crippen LogP contribution in [0.3, 0.4) is 0 Å². The summed E-state index contributed by atoms with van der Waals surface area (Å²) >= 11 is 0. The van der Waals surface area contributed by atoms with Crippen LogP contribution in [0.5, 0.6) is 11.5 Å². The van der Waals surface area contributed by atoms with Crippen molar-refractivity contribution in [3.8, 4) is 11.5 Å². The van der Waals surface area contributed by atoms with Gasteiger partial charge in [-0.05, 0) is 61.1 Å². The van der Waals surface area contributed by atoms with E-state index in [4.69, 9.17) is 37.9 Å². The fourth-order valence-corrected chi connectivity index (χ4v) is 6.56. The van der Waals surface area contributed by atoms with Gasteiger partial charge >= 0.3 is 0 Å². The summed E-state index contributed by atoms with van der Waals surface area (Å²) in [6.07, 6.45) is 4.46. The topological polar surface area (TPSA) is 90.9 Å². The number of carbonyl (C=O) groups excluding carboxylic acids is 1. The van der Waals surface area contributed by atoms with Gasteiger partial charge in [0.1, 0.15) is 23.7 Å². The third kappa shape index (κ3) is 6.51. The van der Waals surface area contributed by atoms with Crippen LogP contribution in [0.2, 0.25) is 0 Å². The summed E-state index contributed by atoms with van der Waals surface area (Å²) in [5.41, 5.74) is 2.02. The maximum Gasteiger partial charge on any atom is 0.195 e. The lowest BCUT2D eigenvalue weighted by Gasteiger charge is -2.23. The Kier molecular flexibility index (Phi) is 9.14. The average molecular weight is 583 g/mol. The minimum Gasteiger partial charge on any atom is -0.497 e. The summed E-state index contributed by atoms with van der Waals surface area (Å²) in [4.78, 5) is 14.2. The molecule has 9 nitrogen and oxygen atoms in total. The molecule has 2 aromatic carbocycles. The van der Waals surface area contributed by atoms with Gasteiger partial charge in [-0.1, -0.05) is 24.3 Å². The maximum absolute atomic E-state index is 14.2. The predicted molar refractivity (Wildman–Crippen MR) is 152 cm³/mol. The summed E-state index contributed by atoms with van der Waals surface area (Å²) in [5, 5.41) is 0.